The number of ether oxygens (including phenoxy) is 1. The highest BCUT2D eigenvalue weighted by Gasteiger charge is 2.28. The molecule has 1 aliphatic carbocycles. The van der Waals surface area contributed by atoms with Gasteiger partial charge in [0.2, 0.25) is 0 Å². The van der Waals surface area contributed by atoms with Crippen LogP contribution in [0, 0.1) is 11.8 Å². The zero-order chi connectivity index (χ0) is 15.8. The molecule has 0 spiro atoms. The Morgan fingerprint density at radius 3 is 2.71 bits per heavy atom. The van der Waals surface area contributed by atoms with Gasteiger partial charge in [-0.05, 0) is 25.2 Å². The van der Waals surface area contributed by atoms with E-state index in [1.165, 1.54) is 0 Å². The van der Waals surface area contributed by atoms with Crippen molar-refractivity contribution in [1.29, 1.82) is 0 Å². The van der Waals surface area contributed by atoms with E-state index in [1.807, 2.05) is 13.8 Å². The second-order valence-corrected chi connectivity index (χ2v) is 6.25. The second-order valence-electron chi connectivity index (χ2n) is 6.25. The van der Waals surface area contributed by atoms with Crippen LogP contribution in [-0.4, -0.2) is 46.4 Å². The lowest BCUT2D eigenvalue weighted by Gasteiger charge is -2.27. The molecular weight excluding hydrogens is 272 g/mol. The smallest absolute Gasteiger partial charge is 0.310 e. The Hall–Kier alpha value is -1.14. The molecule has 1 fully saturated rings. The van der Waals surface area contributed by atoms with Crippen molar-refractivity contribution < 1.29 is 19.9 Å². The molecule has 1 rings (SSSR count). The Balaban J connectivity index is 2.53. The van der Waals surface area contributed by atoms with E-state index in [2.05, 4.69) is 5.16 Å². The van der Waals surface area contributed by atoms with Gasteiger partial charge in [-0.15, -0.1) is 0 Å². The molecule has 2 N–H and O–H groups in total. The summed E-state index contributed by atoms with van der Waals surface area (Å²) in [5, 5.41) is 23.8. The van der Waals surface area contributed by atoms with Crippen molar-refractivity contribution in [1.82, 2.24) is 5.06 Å². The molecule has 0 aromatic rings. The molecule has 0 radical (unpaired) electrons. The van der Waals surface area contributed by atoms with Gasteiger partial charge in [-0.1, -0.05) is 38.8 Å². The zero-order valence-corrected chi connectivity index (χ0v) is 13.3. The van der Waals surface area contributed by atoms with Crippen molar-refractivity contribution in [3.05, 3.63) is 0 Å². The van der Waals surface area contributed by atoms with Gasteiger partial charge in [-0.2, -0.15) is 5.06 Å². The van der Waals surface area contributed by atoms with Gasteiger partial charge in [-0.25, -0.2) is 0 Å². The number of carbonyl (C=O) groups excluding carboxylic acids is 1. The van der Waals surface area contributed by atoms with Crippen LogP contribution >= 0.6 is 0 Å². The van der Waals surface area contributed by atoms with Gasteiger partial charge in [0, 0.05) is 6.54 Å². The Morgan fingerprint density at radius 2 is 2.10 bits per heavy atom. The summed E-state index contributed by atoms with van der Waals surface area (Å²) < 4.78 is 5.17. The number of rotatable bonds is 6. The number of nitrogens with zero attached hydrogens (tertiary/aromatic N) is 2. The first-order chi connectivity index (χ1) is 9.95. The predicted molar refractivity (Wildman–Crippen MR) is 79.5 cm³/mol. The van der Waals surface area contributed by atoms with Crippen LogP contribution in [0.1, 0.15) is 52.9 Å². The highest BCUT2D eigenvalue weighted by atomic mass is 16.5. The van der Waals surface area contributed by atoms with Crippen LogP contribution in [0.5, 0.6) is 0 Å². The fourth-order valence-electron chi connectivity index (χ4n) is 2.46. The number of oxime groups is 1. The van der Waals surface area contributed by atoms with Crippen LogP contribution in [0.25, 0.3) is 0 Å². The summed E-state index contributed by atoms with van der Waals surface area (Å²) in [5.41, 5.74) is 0.595. The van der Waals surface area contributed by atoms with Crippen LogP contribution in [0.2, 0.25) is 0 Å². The van der Waals surface area contributed by atoms with Crippen molar-refractivity contribution >= 4 is 11.7 Å². The third-order valence-corrected chi connectivity index (χ3v) is 3.71. The minimum Gasteiger partial charge on any atom is -0.465 e. The largest absolute Gasteiger partial charge is 0.465 e. The molecule has 6 nitrogen and oxygen atoms in total. The van der Waals surface area contributed by atoms with Crippen LogP contribution in [-0.2, 0) is 9.53 Å². The summed E-state index contributed by atoms with van der Waals surface area (Å²) in [6, 6.07) is -0.308. The Bertz CT molecular complexity index is 358. The first-order valence-electron chi connectivity index (χ1n) is 7.78. The first kappa shape index (κ1) is 17.9. The predicted octanol–water partition coefficient (Wildman–Crippen LogP) is 2.68. The lowest BCUT2D eigenvalue weighted by Crippen LogP contribution is -2.42. The first-order valence-corrected chi connectivity index (χ1v) is 7.78. The van der Waals surface area contributed by atoms with Gasteiger partial charge in [0.1, 0.15) is 0 Å². The Morgan fingerprint density at radius 1 is 1.38 bits per heavy atom. The highest BCUT2D eigenvalue weighted by molar-refractivity contribution is 5.89. The van der Waals surface area contributed by atoms with E-state index in [1.54, 1.807) is 6.92 Å². The third kappa shape index (κ3) is 6.01. The molecule has 1 aliphatic rings. The van der Waals surface area contributed by atoms with Crippen molar-refractivity contribution in [2.45, 2.75) is 58.9 Å². The van der Waals surface area contributed by atoms with Gasteiger partial charge in [-0.3, -0.25) is 4.79 Å². The number of esters is 1. The monoisotopic (exact) mass is 300 g/mol. The maximum Gasteiger partial charge on any atom is 0.310 e. The van der Waals surface area contributed by atoms with E-state index in [0.29, 0.717) is 24.7 Å². The SMILES string of the molecule is CC(C)COC(=O)C(C)CN(O)C1CCCCC/C1=N/O. The molecule has 1 saturated carbocycles. The molecule has 0 aromatic carbocycles. The molecule has 0 saturated heterocycles. The number of carbonyl (C=O) groups is 1. The van der Waals surface area contributed by atoms with E-state index in [4.69, 9.17) is 9.94 Å². The van der Waals surface area contributed by atoms with Crippen molar-refractivity contribution in [2.75, 3.05) is 13.2 Å². The van der Waals surface area contributed by atoms with E-state index in [9.17, 15) is 10.0 Å². The molecule has 0 aromatic heterocycles. The van der Waals surface area contributed by atoms with E-state index in [-0.39, 0.29) is 18.6 Å². The van der Waals surface area contributed by atoms with Gasteiger partial charge < -0.3 is 15.2 Å². The molecular formula is C15H28N2O4. The molecule has 2 atom stereocenters. The molecule has 0 bridgehead atoms. The van der Waals surface area contributed by atoms with Crippen molar-refractivity contribution in [2.24, 2.45) is 17.0 Å². The topological polar surface area (TPSA) is 82.4 Å². The van der Waals surface area contributed by atoms with E-state index < -0.39 is 5.92 Å². The summed E-state index contributed by atoms with van der Waals surface area (Å²) in [6.07, 6.45) is 4.44. The molecule has 0 aliphatic heterocycles. The summed E-state index contributed by atoms with van der Waals surface area (Å²) in [5.74, 6) is -0.433. The number of hydroxylamine groups is 2. The standard InChI is InChI=1S/C15H28N2O4/c1-11(2)10-21-15(18)12(3)9-17(20)14-8-6-4-5-7-13(14)16-19/h11-12,14,19-20H,4-10H2,1-3H3/b16-13-. The van der Waals surface area contributed by atoms with E-state index in [0.717, 1.165) is 30.7 Å². The summed E-state index contributed by atoms with van der Waals surface area (Å²) in [6.45, 7) is 6.26. The van der Waals surface area contributed by atoms with Crippen LogP contribution in [0.15, 0.2) is 5.16 Å². The molecule has 0 heterocycles. The van der Waals surface area contributed by atoms with Crippen molar-refractivity contribution in [3.63, 3.8) is 0 Å². The lowest BCUT2D eigenvalue weighted by atomic mass is 10.0. The molecule has 6 heteroatoms. The minimum atomic E-state index is -0.419. The Kier molecular flexibility index (Phi) is 7.67. The fraction of sp³-hybridized carbons (Fsp3) is 0.867. The summed E-state index contributed by atoms with van der Waals surface area (Å²) >= 11 is 0. The maximum absolute atomic E-state index is 11.8. The van der Waals surface area contributed by atoms with Crippen molar-refractivity contribution in [3.8, 4) is 0 Å². The molecule has 122 valence electrons. The fourth-order valence-corrected chi connectivity index (χ4v) is 2.46. The lowest BCUT2D eigenvalue weighted by molar-refractivity contribution is -0.159. The van der Waals surface area contributed by atoms with Crippen LogP contribution in [0.3, 0.4) is 0 Å². The average molecular weight is 300 g/mol. The normalized spacial score (nSPS) is 23.3. The second kappa shape index (κ2) is 9.00. The van der Waals surface area contributed by atoms with Gasteiger partial charge >= 0.3 is 5.97 Å². The molecule has 21 heavy (non-hydrogen) atoms. The van der Waals surface area contributed by atoms with Gasteiger partial charge in [0.05, 0.1) is 24.3 Å². The molecule has 2 unspecified atom stereocenters. The molecule has 0 amide bonds. The van der Waals surface area contributed by atoms with Crippen LogP contribution < -0.4 is 0 Å². The van der Waals surface area contributed by atoms with Gasteiger partial charge in [0.25, 0.3) is 0 Å². The van der Waals surface area contributed by atoms with Crippen LogP contribution in [0.4, 0.5) is 0 Å². The average Bonchev–Trinajstić information content (AvgIpc) is 2.69. The maximum atomic E-state index is 11.8. The van der Waals surface area contributed by atoms with E-state index >= 15 is 0 Å². The zero-order valence-electron chi connectivity index (χ0n) is 13.3. The number of hydrogen-bond donors (Lipinski definition) is 2. The quantitative estimate of drug-likeness (QED) is 0.341. The third-order valence-electron chi connectivity index (χ3n) is 3.71. The Labute approximate surface area is 126 Å². The summed E-state index contributed by atoms with van der Waals surface area (Å²) in [4.78, 5) is 11.8. The minimum absolute atomic E-state index is 0.181. The number of hydrogen-bond acceptors (Lipinski definition) is 6. The highest BCUT2D eigenvalue weighted by Crippen LogP contribution is 2.20. The van der Waals surface area contributed by atoms with Gasteiger partial charge in [0.15, 0.2) is 0 Å². The summed E-state index contributed by atoms with van der Waals surface area (Å²) in [7, 11) is 0.